The summed E-state index contributed by atoms with van der Waals surface area (Å²) in [5, 5.41) is 0. The van der Waals surface area contributed by atoms with E-state index in [0.717, 1.165) is 141 Å². The first-order chi connectivity index (χ1) is 36.5. The molecule has 0 rings (SSSR count). The first-order valence-corrected chi connectivity index (χ1v) is 29.8. The van der Waals surface area contributed by atoms with Crippen molar-refractivity contribution >= 4 is 17.9 Å². The van der Waals surface area contributed by atoms with Gasteiger partial charge in [-0.3, -0.25) is 14.4 Å². The summed E-state index contributed by atoms with van der Waals surface area (Å²) in [7, 11) is 0. The number of hydrogen-bond acceptors (Lipinski definition) is 6. The molecule has 0 saturated carbocycles. The van der Waals surface area contributed by atoms with E-state index in [9.17, 15) is 14.4 Å². The van der Waals surface area contributed by atoms with Crippen molar-refractivity contribution in [2.75, 3.05) is 13.2 Å². The Kier molecular flexibility index (Phi) is 57.0. The van der Waals surface area contributed by atoms with Crippen molar-refractivity contribution in [1.29, 1.82) is 0 Å². The summed E-state index contributed by atoms with van der Waals surface area (Å²) in [6, 6.07) is 0. The molecular formula is C68H108O6. The molecule has 6 heteroatoms. The van der Waals surface area contributed by atoms with E-state index in [1.165, 1.54) is 57.8 Å². The Morgan fingerprint density at radius 1 is 0.284 bits per heavy atom. The van der Waals surface area contributed by atoms with Gasteiger partial charge in [0.25, 0.3) is 0 Å². The van der Waals surface area contributed by atoms with E-state index in [0.29, 0.717) is 19.3 Å². The van der Waals surface area contributed by atoms with Gasteiger partial charge in [-0.15, -0.1) is 0 Å². The zero-order chi connectivity index (χ0) is 53.6. The molecular weight excluding hydrogens is 913 g/mol. The number of carbonyl (C=O) groups excluding carboxylic acids is 3. The molecule has 1 unspecified atom stereocenters. The van der Waals surface area contributed by atoms with Crippen LogP contribution in [0.25, 0.3) is 0 Å². The van der Waals surface area contributed by atoms with Gasteiger partial charge in [0.1, 0.15) is 13.2 Å². The monoisotopic (exact) mass is 1020 g/mol. The van der Waals surface area contributed by atoms with E-state index in [1.807, 2.05) is 0 Å². The smallest absolute Gasteiger partial charge is 0.306 e. The van der Waals surface area contributed by atoms with Gasteiger partial charge in [0.05, 0.1) is 0 Å². The molecule has 0 fully saturated rings. The van der Waals surface area contributed by atoms with E-state index in [-0.39, 0.29) is 37.5 Å². The first kappa shape index (κ1) is 69.3. The lowest BCUT2D eigenvalue weighted by molar-refractivity contribution is -0.167. The molecule has 0 amide bonds. The molecule has 74 heavy (non-hydrogen) atoms. The highest BCUT2D eigenvalue weighted by atomic mass is 16.6. The second-order valence-corrected chi connectivity index (χ2v) is 19.2. The third kappa shape index (κ3) is 58.2. The average Bonchev–Trinajstić information content (AvgIpc) is 3.40. The molecule has 0 aliphatic rings. The Bertz CT molecular complexity index is 1640. The van der Waals surface area contributed by atoms with Crippen molar-refractivity contribution in [3.63, 3.8) is 0 Å². The van der Waals surface area contributed by atoms with E-state index < -0.39 is 6.10 Å². The highest BCUT2D eigenvalue weighted by Crippen LogP contribution is 2.13. The van der Waals surface area contributed by atoms with Gasteiger partial charge in [-0.2, -0.15) is 0 Å². The minimum atomic E-state index is -0.818. The summed E-state index contributed by atoms with van der Waals surface area (Å²) >= 11 is 0. The Morgan fingerprint density at radius 2 is 0.554 bits per heavy atom. The molecule has 0 spiro atoms. The molecule has 0 heterocycles. The number of esters is 3. The summed E-state index contributed by atoms with van der Waals surface area (Å²) in [5.74, 6) is -1.00. The number of hydrogen-bond donors (Lipinski definition) is 0. The fourth-order valence-corrected chi connectivity index (χ4v) is 7.57. The summed E-state index contributed by atoms with van der Waals surface area (Å²) < 4.78 is 16.8. The van der Waals surface area contributed by atoms with Crippen LogP contribution < -0.4 is 0 Å². The highest BCUT2D eigenvalue weighted by molar-refractivity contribution is 5.71. The normalized spacial score (nSPS) is 13.2. The fourth-order valence-electron chi connectivity index (χ4n) is 7.57. The molecule has 0 aromatic rings. The predicted molar refractivity (Wildman–Crippen MR) is 320 cm³/mol. The zero-order valence-electron chi connectivity index (χ0n) is 47.5. The van der Waals surface area contributed by atoms with Crippen LogP contribution in [0.3, 0.4) is 0 Å². The maximum atomic E-state index is 12.8. The van der Waals surface area contributed by atoms with Crippen LogP contribution in [0.4, 0.5) is 0 Å². The third-order valence-corrected chi connectivity index (χ3v) is 12.0. The van der Waals surface area contributed by atoms with Crippen LogP contribution in [-0.4, -0.2) is 37.2 Å². The van der Waals surface area contributed by atoms with Gasteiger partial charge in [-0.25, -0.2) is 0 Å². The first-order valence-electron chi connectivity index (χ1n) is 29.8. The predicted octanol–water partition coefficient (Wildman–Crippen LogP) is 20.4. The summed E-state index contributed by atoms with van der Waals surface area (Å²) in [4.78, 5) is 38.1. The van der Waals surface area contributed by atoms with Crippen LogP contribution in [0.5, 0.6) is 0 Å². The van der Waals surface area contributed by atoms with Gasteiger partial charge in [0.2, 0.25) is 0 Å². The number of carbonyl (C=O) groups is 3. The molecule has 0 radical (unpaired) electrons. The maximum absolute atomic E-state index is 12.8. The van der Waals surface area contributed by atoms with Crippen molar-refractivity contribution in [2.45, 2.75) is 252 Å². The standard InChI is InChI=1S/C68H108O6/c1-4-7-10-13-16-19-22-25-27-28-29-30-31-32-33-34-35-36-37-38-39-40-41-44-46-49-52-55-58-61-67(70)73-64-65(63-72-66(69)60-57-54-51-48-45-42-24-21-18-15-12-9-6-3)74-68(71)62-59-56-53-50-47-43-26-23-20-17-14-11-8-5-2/h7,10,14,16-17,19,21,23-27,29-30,32-33,35-36,38-39,41,44,49,52,65H,4-6,8-9,11-13,15,18,20,22,28,31,34,37,40,42-43,45-48,50-51,53-64H2,1-3H3/b10-7-,17-14-,19-16-,24-21-,26-23-,27-25-,30-29-,33-32-,36-35-,39-38-,44-41-,52-49-. The van der Waals surface area contributed by atoms with E-state index in [2.05, 4.69) is 167 Å². The number of rotatable bonds is 52. The van der Waals surface area contributed by atoms with Crippen molar-refractivity contribution in [3.8, 4) is 0 Å². The Labute approximate surface area is 455 Å². The summed E-state index contributed by atoms with van der Waals surface area (Å²) in [6.07, 6.45) is 87.0. The van der Waals surface area contributed by atoms with Gasteiger partial charge in [0, 0.05) is 19.3 Å². The van der Waals surface area contributed by atoms with E-state index in [4.69, 9.17) is 14.2 Å². The van der Waals surface area contributed by atoms with Crippen LogP contribution in [0, 0.1) is 0 Å². The van der Waals surface area contributed by atoms with E-state index in [1.54, 1.807) is 0 Å². The SMILES string of the molecule is CC/C=C\C/C=C\C/C=C\C/C=C\C/C=C\C/C=C\C/C=C\C/C=C\C/C=C\CCCC(=O)OCC(COC(=O)CCCCCCC/C=C\CCCCCC)OC(=O)CCCCCCC/C=C\C/C=C\CCCC. The molecule has 0 aliphatic heterocycles. The van der Waals surface area contributed by atoms with Crippen LogP contribution in [-0.2, 0) is 28.6 Å². The quantitative estimate of drug-likeness (QED) is 0.0261. The molecule has 416 valence electrons. The van der Waals surface area contributed by atoms with Crippen LogP contribution in [0.15, 0.2) is 146 Å². The molecule has 0 saturated heterocycles. The zero-order valence-corrected chi connectivity index (χ0v) is 47.5. The third-order valence-electron chi connectivity index (χ3n) is 12.0. The lowest BCUT2D eigenvalue weighted by atomic mass is 10.1. The Morgan fingerprint density at radius 3 is 0.932 bits per heavy atom. The van der Waals surface area contributed by atoms with Crippen molar-refractivity contribution < 1.29 is 28.6 Å². The lowest BCUT2D eigenvalue weighted by Gasteiger charge is -2.18. The summed E-state index contributed by atoms with van der Waals surface area (Å²) in [5.41, 5.74) is 0. The molecule has 1 atom stereocenters. The molecule has 6 nitrogen and oxygen atoms in total. The van der Waals surface area contributed by atoms with Gasteiger partial charge in [-0.1, -0.05) is 237 Å². The Balaban J connectivity index is 4.45. The van der Waals surface area contributed by atoms with Crippen LogP contribution in [0.1, 0.15) is 245 Å². The number of unbranched alkanes of at least 4 members (excludes halogenated alkanes) is 17. The van der Waals surface area contributed by atoms with E-state index >= 15 is 0 Å². The van der Waals surface area contributed by atoms with Gasteiger partial charge in [-0.05, 0) is 135 Å². The highest BCUT2D eigenvalue weighted by Gasteiger charge is 2.19. The van der Waals surface area contributed by atoms with Crippen LogP contribution in [0.2, 0.25) is 0 Å². The van der Waals surface area contributed by atoms with Crippen molar-refractivity contribution in [2.24, 2.45) is 0 Å². The van der Waals surface area contributed by atoms with Crippen molar-refractivity contribution in [1.82, 2.24) is 0 Å². The molecule has 0 bridgehead atoms. The average molecular weight is 1020 g/mol. The van der Waals surface area contributed by atoms with Gasteiger partial charge < -0.3 is 14.2 Å². The Hall–Kier alpha value is -4.71. The second kappa shape index (κ2) is 60.8. The fraction of sp³-hybridized carbons (Fsp3) is 0.603. The summed E-state index contributed by atoms with van der Waals surface area (Å²) in [6.45, 7) is 6.39. The number of allylic oxidation sites excluding steroid dienone is 24. The second-order valence-electron chi connectivity index (χ2n) is 19.2. The molecule has 0 aromatic heterocycles. The van der Waals surface area contributed by atoms with Gasteiger partial charge >= 0.3 is 17.9 Å². The largest absolute Gasteiger partial charge is 0.462 e. The van der Waals surface area contributed by atoms with Crippen molar-refractivity contribution in [3.05, 3.63) is 146 Å². The topological polar surface area (TPSA) is 78.9 Å². The molecule has 0 aromatic carbocycles. The minimum Gasteiger partial charge on any atom is -0.462 e. The molecule has 0 aliphatic carbocycles. The van der Waals surface area contributed by atoms with Gasteiger partial charge in [0.15, 0.2) is 6.10 Å². The minimum absolute atomic E-state index is 0.111. The number of ether oxygens (including phenoxy) is 3. The molecule has 0 N–H and O–H groups in total. The van der Waals surface area contributed by atoms with Crippen LogP contribution >= 0.6 is 0 Å². The lowest BCUT2D eigenvalue weighted by Crippen LogP contribution is -2.30. The maximum Gasteiger partial charge on any atom is 0.306 e.